The van der Waals surface area contributed by atoms with Crippen molar-refractivity contribution >= 4 is 23.3 Å². The summed E-state index contributed by atoms with van der Waals surface area (Å²) < 4.78 is 15.7. The normalized spacial score (nSPS) is 14.1. The van der Waals surface area contributed by atoms with Gasteiger partial charge in [-0.1, -0.05) is 23.4 Å². The molecule has 0 atom stereocenters. The predicted octanol–water partition coefficient (Wildman–Crippen LogP) is 2.25. The van der Waals surface area contributed by atoms with E-state index < -0.39 is 5.97 Å². The number of rotatable bonds is 5. The van der Waals surface area contributed by atoms with Crippen molar-refractivity contribution < 1.29 is 28.6 Å². The van der Waals surface area contributed by atoms with Gasteiger partial charge in [-0.3, -0.25) is 4.79 Å². The molecular formula is C19H18N2O6. The molecule has 27 heavy (non-hydrogen) atoms. The second-order valence-corrected chi connectivity index (χ2v) is 5.61. The molecule has 0 spiro atoms. The monoisotopic (exact) mass is 370 g/mol. The Bertz CT molecular complexity index is 913. The molecular weight excluding hydrogens is 352 g/mol. The van der Waals surface area contributed by atoms with Crippen LogP contribution in [0.5, 0.6) is 17.2 Å². The van der Waals surface area contributed by atoms with E-state index in [-0.39, 0.29) is 17.2 Å². The minimum atomic E-state index is -0.762. The summed E-state index contributed by atoms with van der Waals surface area (Å²) in [4.78, 5) is 31.2. The van der Waals surface area contributed by atoms with Crippen LogP contribution in [-0.4, -0.2) is 46.0 Å². The molecule has 0 aliphatic carbocycles. The maximum absolute atomic E-state index is 12.4. The number of fused-ring (bicyclic) bond motifs is 1. The SMILES string of the molecule is COc1cc(C(=O)O/N=C2/C(=O)N(C)c3ccccc32)cc(OC)c1OC. The van der Waals surface area contributed by atoms with Crippen molar-refractivity contribution in [3.63, 3.8) is 0 Å². The Hall–Kier alpha value is -3.55. The highest BCUT2D eigenvalue weighted by Crippen LogP contribution is 2.38. The van der Waals surface area contributed by atoms with E-state index in [1.807, 2.05) is 6.07 Å². The number of carbonyl (C=O) groups excluding carboxylic acids is 2. The highest BCUT2D eigenvalue weighted by molar-refractivity contribution is 6.54. The Kier molecular flexibility index (Phi) is 4.98. The van der Waals surface area contributed by atoms with Crippen molar-refractivity contribution in [1.29, 1.82) is 0 Å². The lowest BCUT2D eigenvalue weighted by Crippen LogP contribution is -2.25. The van der Waals surface area contributed by atoms with Gasteiger partial charge in [-0.05, 0) is 18.2 Å². The minimum Gasteiger partial charge on any atom is -0.493 e. The molecule has 0 radical (unpaired) electrons. The summed E-state index contributed by atoms with van der Waals surface area (Å²) in [6, 6.07) is 10.0. The summed E-state index contributed by atoms with van der Waals surface area (Å²) in [6.45, 7) is 0. The van der Waals surface area contributed by atoms with Crippen LogP contribution in [0.3, 0.4) is 0 Å². The number of likely N-dealkylation sites (N-methyl/N-ethyl adjacent to an activating group) is 1. The summed E-state index contributed by atoms with van der Waals surface area (Å²) in [5.74, 6) is -0.156. The van der Waals surface area contributed by atoms with Crippen molar-refractivity contribution in [2.75, 3.05) is 33.3 Å². The van der Waals surface area contributed by atoms with Gasteiger partial charge >= 0.3 is 5.97 Å². The molecule has 0 aromatic heterocycles. The number of ether oxygens (including phenoxy) is 3. The van der Waals surface area contributed by atoms with Gasteiger partial charge in [0.15, 0.2) is 17.2 Å². The average molecular weight is 370 g/mol. The van der Waals surface area contributed by atoms with Crippen LogP contribution in [0.1, 0.15) is 15.9 Å². The lowest BCUT2D eigenvalue weighted by molar-refractivity contribution is -0.112. The zero-order valence-electron chi connectivity index (χ0n) is 15.3. The maximum Gasteiger partial charge on any atom is 0.366 e. The van der Waals surface area contributed by atoms with E-state index >= 15 is 0 Å². The van der Waals surface area contributed by atoms with Gasteiger partial charge in [0, 0.05) is 12.6 Å². The Morgan fingerprint density at radius 1 is 1.00 bits per heavy atom. The predicted molar refractivity (Wildman–Crippen MR) is 97.9 cm³/mol. The van der Waals surface area contributed by atoms with Crippen LogP contribution in [0.25, 0.3) is 0 Å². The van der Waals surface area contributed by atoms with Crippen LogP contribution in [0, 0.1) is 0 Å². The molecule has 1 heterocycles. The zero-order valence-corrected chi connectivity index (χ0v) is 15.3. The molecule has 0 bridgehead atoms. The fourth-order valence-electron chi connectivity index (χ4n) is 2.78. The van der Waals surface area contributed by atoms with E-state index in [1.165, 1.54) is 38.4 Å². The first-order chi connectivity index (χ1) is 13.0. The molecule has 0 saturated carbocycles. The molecule has 3 rings (SSSR count). The Balaban J connectivity index is 1.91. The molecule has 0 saturated heterocycles. The third-order valence-corrected chi connectivity index (χ3v) is 4.15. The molecule has 0 unspecified atom stereocenters. The number of carbonyl (C=O) groups is 2. The van der Waals surface area contributed by atoms with Crippen molar-refractivity contribution in [2.45, 2.75) is 0 Å². The van der Waals surface area contributed by atoms with Crippen molar-refractivity contribution in [3.05, 3.63) is 47.5 Å². The van der Waals surface area contributed by atoms with Crippen molar-refractivity contribution in [2.24, 2.45) is 5.16 Å². The topological polar surface area (TPSA) is 86.7 Å². The number of nitrogens with zero attached hydrogens (tertiary/aromatic N) is 2. The number of methoxy groups -OCH3 is 3. The lowest BCUT2D eigenvalue weighted by Gasteiger charge is -2.13. The van der Waals surface area contributed by atoms with Crippen LogP contribution >= 0.6 is 0 Å². The summed E-state index contributed by atoms with van der Waals surface area (Å²) >= 11 is 0. The smallest absolute Gasteiger partial charge is 0.366 e. The standard InChI is InChI=1S/C19H18N2O6/c1-21-13-8-6-5-7-12(13)16(18(21)22)20-27-19(23)11-9-14(24-2)17(26-4)15(10-11)25-3/h5-10H,1-4H3/b20-16+. The first-order valence-corrected chi connectivity index (χ1v) is 7.98. The van der Waals surface area contributed by atoms with Crippen LogP contribution in [0.4, 0.5) is 5.69 Å². The second-order valence-electron chi connectivity index (χ2n) is 5.61. The van der Waals surface area contributed by atoms with Crippen LogP contribution in [0.15, 0.2) is 41.6 Å². The van der Waals surface area contributed by atoms with E-state index in [0.29, 0.717) is 28.5 Å². The van der Waals surface area contributed by atoms with Gasteiger partial charge in [-0.2, -0.15) is 0 Å². The Labute approximate surface area is 155 Å². The third-order valence-electron chi connectivity index (χ3n) is 4.15. The molecule has 8 heteroatoms. The van der Waals surface area contributed by atoms with Crippen LogP contribution in [0.2, 0.25) is 0 Å². The molecule has 2 aromatic carbocycles. The van der Waals surface area contributed by atoms with E-state index in [0.717, 1.165) is 0 Å². The lowest BCUT2D eigenvalue weighted by atomic mass is 10.1. The van der Waals surface area contributed by atoms with Crippen LogP contribution in [-0.2, 0) is 9.63 Å². The minimum absolute atomic E-state index is 0.0638. The van der Waals surface area contributed by atoms with Gasteiger partial charge in [0.2, 0.25) is 5.75 Å². The zero-order chi connectivity index (χ0) is 19.6. The van der Waals surface area contributed by atoms with Crippen molar-refractivity contribution in [1.82, 2.24) is 0 Å². The molecule has 140 valence electrons. The third kappa shape index (κ3) is 3.17. The highest BCUT2D eigenvalue weighted by Gasteiger charge is 2.32. The fraction of sp³-hybridized carbons (Fsp3) is 0.211. The number of anilines is 1. The summed E-state index contributed by atoms with van der Waals surface area (Å²) in [5, 5.41) is 3.79. The highest BCUT2D eigenvalue weighted by atomic mass is 16.7. The number of amides is 1. The molecule has 1 aliphatic rings. The molecule has 2 aromatic rings. The number of benzene rings is 2. The molecule has 0 N–H and O–H groups in total. The number of para-hydroxylation sites is 1. The van der Waals surface area contributed by atoms with Gasteiger partial charge in [0.1, 0.15) is 0 Å². The average Bonchev–Trinajstić information content (AvgIpc) is 2.95. The van der Waals surface area contributed by atoms with Gasteiger partial charge in [0.25, 0.3) is 5.91 Å². The number of hydrogen-bond donors (Lipinski definition) is 0. The molecule has 0 fully saturated rings. The van der Waals surface area contributed by atoms with E-state index in [9.17, 15) is 9.59 Å². The largest absolute Gasteiger partial charge is 0.493 e. The van der Waals surface area contributed by atoms with E-state index in [4.69, 9.17) is 19.0 Å². The molecule has 1 aliphatic heterocycles. The number of oxime groups is 1. The Morgan fingerprint density at radius 3 is 2.22 bits per heavy atom. The fourth-order valence-corrected chi connectivity index (χ4v) is 2.78. The van der Waals surface area contributed by atoms with Crippen molar-refractivity contribution in [3.8, 4) is 17.2 Å². The number of hydrogen-bond acceptors (Lipinski definition) is 7. The summed E-state index contributed by atoms with van der Waals surface area (Å²) in [6.07, 6.45) is 0. The van der Waals surface area contributed by atoms with E-state index in [1.54, 1.807) is 25.2 Å². The first-order valence-electron chi connectivity index (χ1n) is 7.98. The Morgan fingerprint density at radius 2 is 1.63 bits per heavy atom. The maximum atomic E-state index is 12.4. The summed E-state index contributed by atoms with van der Waals surface area (Å²) in [7, 11) is 5.97. The molecule has 1 amide bonds. The summed E-state index contributed by atoms with van der Waals surface area (Å²) in [5.41, 5.74) is 1.50. The van der Waals surface area contributed by atoms with Gasteiger partial charge in [-0.15, -0.1) is 0 Å². The quantitative estimate of drug-likeness (QED) is 0.593. The van der Waals surface area contributed by atoms with Crippen LogP contribution < -0.4 is 19.1 Å². The first kappa shape index (κ1) is 18.2. The second kappa shape index (κ2) is 7.36. The van der Waals surface area contributed by atoms with Gasteiger partial charge in [0.05, 0.1) is 32.6 Å². The van der Waals surface area contributed by atoms with Gasteiger partial charge < -0.3 is 23.9 Å². The van der Waals surface area contributed by atoms with E-state index in [2.05, 4.69) is 5.16 Å². The van der Waals surface area contributed by atoms with Gasteiger partial charge in [-0.25, -0.2) is 4.79 Å². The molecule has 8 nitrogen and oxygen atoms in total.